The van der Waals surface area contributed by atoms with Crippen molar-refractivity contribution in [2.45, 2.75) is 52.6 Å². The van der Waals surface area contributed by atoms with Gasteiger partial charge in [-0.25, -0.2) is 0 Å². The summed E-state index contributed by atoms with van der Waals surface area (Å²) < 4.78 is 5.63. The molecular formula is C15H24O2. The predicted octanol–water partition coefficient (Wildman–Crippen LogP) is 4.05. The first kappa shape index (κ1) is 14.0. The van der Waals surface area contributed by atoms with Gasteiger partial charge >= 0.3 is 0 Å². The lowest BCUT2D eigenvalue weighted by molar-refractivity contribution is 0.114. The number of hydrogen-bond acceptors (Lipinski definition) is 2. The van der Waals surface area contributed by atoms with Gasteiger partial charge < -0.3 is 9.84 Å². The lowest BCUT2D eigenvalue weighted by Crippen LogP contribution is -1.99. The summed E-state index contributed by atoms with van der Waals surface area (Å²) in [6.45, 7) is 5.62. The molecule has 0 aliphatic rings. The zero-order valence-corrected chi connectivity index (χ0v) is 11.0. The third kappa shape index (κ3) is 4.78. The van der Waals surface area contributed by atoms with Crippen LogP contribution in [-0.2, 0) is 17.8 Å². The van der Waals surface area contributed by atoms with E-state index in [0.717, 1.165) is 25.0 Å². The topological polar surface area (TPSA) is 29.5 Å². The quantitative estimate of drug-likeness (QED) is 0.690. The van der Waals surface area contributed by atoms with Crippen molar-refractivity contribution < 1.29 is 9.84 Å². The molecule has 0 atom stereocenters. The highest BCUT2D eigenvalue weighted by Gasteiger charge is 2.05. The van der Waals surface area contributed by atoms with Crippen LogP contribution in [0.2, 0.25) is 0 Å². The molecule has 0 unspecified atom stereocenters. The van der Waals surface area contributed by atoms with E-state index in [2.05, 4.69) is 19.9 Å². The molecule has 0 radical (unpaired) electrons. The minimum Gasteiger partial charge on any atom is -0.508 e. The summed E-state index contributed by atoms with van der Waals surface area (Å²) in [6, 6.07) is 5.67. The zero-order valence-electron chi connectivity index (χ0n) is 11.0. The molecule has 1 rings (SSSR count). The number of aromatic hydroxyl groups is 1. The lowest BCUT2D eigenvalue weighted by atomic mass is 10.1. The third-order valence-corrected chi connectivity index (χ3v) is 3.02. The minimum absolute atomic E-state index is 0.359. The summed E-state index contributed by atoms with van der Waals surface area (Å²) >= 11 is 0. The zero-order chi connectivity index (χ0) is 12.5. The van der Waals surface area contributed by atoms with Crippen LogP contribution in [0, 0.1) is 0 Å². The molecule has 0 heterocycles. The van der Waals surface area contributed by atoms with Gasteiger partial charge in [-0.05, 0) is 24.5 Å². The number of unbranched alkanes of at least 4 members (excludes halogenated alkanes) is 3. The summed E-state index contributed by atoms with van der Waals surface area (Å²) in [5.41, 5.74) is 2.13. The average molecular weight is 236 g/mol. The lowest BCUT2D eigenvalue weighted by Gasteiger charge is -2.10. The van der Waals surface area contributed by atoms with Crippen LogP contribution < -0.4 is 0 Å². The van der Waals surface area contributed by atoms with Crippen LogP contribution in [0.1, 0.15) is 50.7 Å². The smallest absolute Gasteiger partial charge is 0.121 e. The fourth-order valence-corrected chi connectivity index (χ4v) is 1.92. The Morgan fingerprint density at radius 1 is 1.12 bits per heavy atom. The Hall–Kier alpha value is -1.02. The Labute approximate surface area is 105 Å². The van der Waals surface area contributed by atoms with E-state index in [9.17, 15) is 5.11 Å². The molecule has 17 heavy (non-hydrogen) atoms. The van der Waals surface area contributed by atoms with Crippen LogP contribution in [0.3, 0.4) is 0 Å². The van der Waals surface area contributed by atoms with Crippen LogP contribution in [0.5, 0.6) is 5.75 Å². The van der Waals surface area contributed by atoms with E-state index in [4.69, 9.17) is 4.74 Å². The summed E-state index contributed by atoms with van der Waals surface area (Å²) in [6.07, 6.45) is 5.81. The fraction of sp³-hybridized carbons (Fsp3) is 0.600. The van der Waals surface area contributed by atoms with E-state index in [1.165, 1.54) is 24.8 Å². The van der Waals surface area contributed by atoms with Crippen LogP contribution >= 0.6 is 0 Å². The Kier molecular flexibility index (Phi) is 6.71. The Morgan fingerprint density at radius 3 is 2.65 bits per heavy atom. The molecule has 0 spiro atoms. The van der Waals surface area contributed by atoms with E-state index in [1.807, 2.05) is 6.07 Å². The molecule has 0 fully saturated rings. The molecule has 0 aliphatic carbocycles. The van der Waals surface area contributed by atoms with Crippen molar-refractivity contribution in [2.24, 2.45) is 0 Å². The standard InChI is InChI=1S/C15H24O2/c1-3-5-6-7-11-17-12-14-13(4-2)9-8-10-15(14)16/h8-10,16H,3-7,11-12H2,1-2H3. The van der Waals surface area contributed by atoms with Gasteiger partial charge in [-0.15, -0.1) is 0 Å². The van der Waals surface area contributed by atoms with Crippen molar-refractivity contribution in [1.82, 2.24) is 0 Å². The minimum atomic E-state index is 0.359. The number of rotatable bonds is 8. The molecule has 2 heteroatoms. The summed E-state index contributed by atoms with van der Waals surface area (Å²) in [7, 11) is 0. The first-order chi connectivity index (χ1) is 8.29. The molecule has 0 saturated heterocycles. The van der Waals surface area contributed by atoms with Crippen molar-refractivity contribution in [3.05, 3.63) is 29.3 Å². The van der Waals surface area contributed by atoms with Crippen LogP contribution in [-0.4, -0.2) is 11.7 Å². The number of phenolic OH excluding ortho intramolecular Hbond substituents is 1. The number of benzene rings is 1. The van der Waals surface area contributed by atoms with Crippen LogP contribution in [0.25, 0.3) is 0 Å². The molecule has 0 aliphatic heterocycles. The van der Waals surface area contributed by atoms with Gasteiger partial charge in [0.15, 0.2) is 0 Å². The highest BCUT2D eigenvalue weighted by molar-refractivity contribution is 5.38. The molecule has 96 valence electrons. The Bertz CT molecular complexity index is 321. The summed E-state index contributed by atoms with van der Waals surface area (Å²) in [5.74, 6) is 0.359. The van der Waals surface area contributed by atoms with Gasteiger partial charge in [0, 0.05) is 12.2 Å². The van der Waals surface area contributed by atoms with Gasteiger partial charge in [-0.3, -0.25) is 0 Å². The second kappa shape index (κ2) is 8.13. The van der Waals surface area contributed by atoms with Gasteiger partial charge in [0.05, 0.1) is 6.61 Å². The first-order valence-corrected chi connectivity index (χ1v) is 6.67. The second-order valence-electron chi connectivity index (χ2n) is 4.38. The molecule has 2 nitrogen and oxygen atoms in total. The van der Waals surface area contributed by atoms with E-state index in [0.29, 0.717) is 12.4 Å². The van der Waals surface area contributed by atoms with Crippen molar-refractivity contribution in [2.75, 3.05) is 6.61 Å². The average Bonchev–Trinajstić information content (AvgIpc) is 2.35. The summed E-state index contributed by atoms with van der Waals surface area (Å²) in [4.78, 5) is 0. The van der Waals surface area contributed by atoms with E-state index < -0.39 is 0 Å². The molecule has 1 aromatic rings. The highest BCUT2D eigenvalue weighted by atomic mass is 16.5. The SMILES string of the molecule is CCCCCCOCc1c(O)cccc1CC. The van der Waals surface area contributed by atoms with Crippen molar-refractivity contribution >= 4 is 0 Å². The third-order valence-electron chi connectivity index (χ3n) is 3.02. The first-order valence-electron chi connectivity index (χ1n) is 6.67. The van der Waals surface area contributed by atoms with E-state index in [1.54, 1.807) is 6.07 Å². The fourth-order valence-electron chi connectivity index (χ4n) is 1.92. The Morgan fingerprint density at radius 2 is 1.94 bits per heavy atom. The van der Waals surface area contributed by atoms with Gasteiger partial charge in [-0.2, -0.15) is 0 Å². The number of hydrogen-bond donors (Lipinski definition) is 1. The van der Waals surface area contributed by atoms with Gasteiger partial charge in [-0.1, -0.05) is 45.2 Å². The number of phenols is 1. The van der Waals surface area contributed by atoms with Crippen molar-refractivity contribution in [1.29, 1.82) is 0 Å². The monoisotopic (exact) mass is 236 g/mol. The molecule has 0 aromatic heterocycles. The molecular weight excluding hydrogens is 212 g/mol. The number of ether oxygens (including phenoxy) is 1. The molecule has 1 N–H and O–H groups in total. The second-order valence-corrected chi connectivity index (χ2v) is 4.38. The number of aryl methyl sites for hydroxylation is 1. The van der Waals surface area contributed by atoms with Gasteiger partial charge in [0.25, 0.3) is 0 Å². The molecule has 0 amide bonds. The van der Waals surface area contributed by atoms with Gasteiger partial charge in [0.1, 0.15) is 5.75 Å². The maximum absolute atomic E-state index is 9.78. The van der Waals surface area contributed by atoms with Crippen molar-refractivity contribution in [3.63, 3.8) is 0 Å². The highest BCUT2D eigenvalue weighted by Crippen LogP contribution is 2.22. The summed E-state index contributed by atoms with van der Waals surface area (Å²) in [5, 5.41) is 9.78. The van der Waals surface area contributed by atoms with E-state index in [-0.39, 0.29) is 0 Å². The van der Waals surface area contributed by atoms with Gasteiger partial charge in [0.2, 0.25) is 0 Å². The predicted molar refractivity (Wildman–Crippen MR) is 71.3 cm³/mol. The van der Waals surface area contributed by atoms with Crippen molar-refractivity contribution in [3.8, 4) is 5.75 Å². The Balaban J connectivity index is 2.35. The molecule has 0 saturated carbocycles. The van der Waals surface area contributed by atoms with Crippen LogP contribution in [0.15, 0.2) is 18.2 Å². The van der Waals surface area contributed by atoms with Crippen LogP contribution in [0.4, 0.5) is 0 Å². The normalized spacial score (nSPS) is 10.7. The van der Waals surface area contributed by atoms with E-state index >= 15 is 0 Å². The largest absolute Gasteiger partial charge is 0.508 e. The molecule has 1 aromatic carbocycles. The maximum atomic E-state index is 9.78. The maximum Gasteiger partial charge on any atom is 0.121 e. The molecule has 0 bridgehead atoms.